The average molecular weight is 472 g/mol. The van der Waals surface area contributed by atoms with E-state index in [0.717, 1.165) is 6.42 Å². The van der Waals surface area contributed by atoms with Crippen molar-refractivity contribution in [3.05, 3.63) is 0 Å². The molecule has 0 saturated carbocycles. The number of hydrogen-bond donors (Lipinski definition) is 5. The third-order valence-corrected chi connectivity index (χ3v) is 4.49. The lowest BCUT2D eigenvalue weighted by atomic mass is 10.0. The highest BCUT2D eigenvalue weighted by Gasteiger charge is 2.29. The lowest BCUT2D eigenvalue weighted by Gasteiger charge is -2.26. The first kappa shape index (κ1) is 30.3. The first-order valence-electron chi connectivity index (χ1n) is 11.3. The summed E-state index contributed by atoms with van der Waals surface area (Å²) in [7, 11) is 0. The molecule has 0 saturated heterocycles. The molecular formula is C22H41N5O6. The minimum atomic E-state index is -1.14. The van der Waals surface area contributed by atoms with E-state index in [4.69, 9.17) is 16.2 Å². The van der Waals surface area contributed by atoms with E-state index in [1.54, 1.807) is 20.8 Å². The van der Waals surface area contributed by atoms with Gasteiger partial charge in [-0.2, -0.15) is 0 Å². The molecule has 3 atom stereocenters. The van der Waals surface area contributed by atoms with Gasteiger partial charge in [-0.1, -0.05) is 13.8 Å². The zero-order valence-electron chi connectivity index (χ0n) is 20.4. The fraction of sp³-hybridized carbons (Fsp3) is 0.773. The molecule has 33 heavy (non-hydrogen) atoms. The number of alkyl carbamates (subject to hydrolysis) is 1. The van der Waals surface area contributed by atoms with Crippen LogP contribution in [-0.2, 0) is 23.9 Å². The topological polar surface area (TPSA) is 183 Å². The number of ether oxygens (including phenoxy) is 1. The summed E-state index contributed by atoms with van der Waals surface area (Å²) in [5, 5.41) is 7.71. The summed E-state index contributed by atoms with van der Waals surface area (Å²) >= 11 is 0. The predicted molar refractivity (Wildman–Crippen MR) is 124 cm³/mol. The van der Waals surface area contributed by atoms with E-state index in [1.165, 1.54) is 0 Å². The number of nitrogens with one attached hydrogen (secondary N) is 3. The van der Waals surface area contributed by atoms with Gasteiger partial charge < -0.3 is 36.9 Å². The Hall–Kier alpha value is -2.69. The van der Waals surface area contributed by atoms with Crippen molar-refractivity contribution < 1.29 is 28.7 Å². The first-order valence-corrected chi connectivity index (χ1v) is 11.3. The summed E-state index contributed by atoms with van der Waals surface area (Å²) in [6.07, 6.45) is 1.76. The molecule has 0 rings (SSSR count). The highest BCUT2D eigenvalue weighted by atomic mass is 16.6. The van der Waals surface area contributed by atoms with E-state index in [9.17, 15) is 24.0 Å². The number of nitrogens with two attached hydrogens (primary N) is 2. The number of rotatable bonds is 15. The fourth-order valence-electron chi connectivity index (χ4n) is 2.95. The van der Waals surface area contributed by atoms with Gasteiger partial charge in [-0.25, -0.2) is 4.79 Å². The van der Waals surface area contributed by atoms with Crippen LogP contribution in [0.2, 0.25) is 0 Å². The van der Waals surface area contributed by atoms with Crippen molar-refractivity contribution >= 4 is 30.1 Å². The lowest BCUT2D eigenvalue weighted by molar-refractivity contribution is -0.131. The molecule has 0 heterocycles. The second-order valence-electron chi connectivity index (χ2n) is 9.43. The summed E-state index contributed by atoms with van der Waals surface area (Å²) in [6.45, 7) is 9.27. The van der Waals surface area contributed by atoms with Crippen LogP contribution in [0.3, 0.4) is 0 Å². The van der Waals surface area contributed by atoms with Crippen molar-refractivity contribution in [3.8, 4) is 0 Å². The molecule has 11 heteroatoms. The smallest absolute Gasteiger partial charge is 0.408 e. The van der Waals surface area contributed by atoms with E-state index in [0.29, 0.717) is 32.1 Å². The Morgan fingerprint density at radius 2 is 1.55 bits per heavy atom. The van der Waals surface area contributed by atoms with Gasteiger partial charge >= 0.3 is 6.09 Å². The number of carbonyl (C=O) groups is 5. The molecule has 7 N–H and O–H groups in total. The summed E-state index contributed by atoms with van der Waals surface area (Å²) in [5.74, 6) is -1.75. The Balaban J connectivity index is 5.37. The fourth-order valence-corrected chi connectivity index (χ4v) is 2.95. The zero-order valence-corrected chi connectivity index (χ0v) is 20.4. The maximum atomic E-state index is 12.9. The van der Waals surface area contributed by atoms with E-state index in [1.807, 2.05) is 13.8 Å². The van der Waals surface area contributed by atoms with Crippen LogP contribution in [0.15, 0.2) is 0 Å². The van der Waals surface area contributed by atoms with Gasteiger partial charge in [-0.05, 0) is 65.3 Å². The van der Waals surface area contributed by atoms with Gasteiger partial charge in [0.05, 0.1) is 6.04 Å². The molecule has 0 aromatic heterocycles. The molecule has 0 aromatic rings. The summed E-state index contributed by atoms with van der Waals surface area (Å²) < 4.78 is 5.18. The maximum Gasteiger partial charge on any atom is 0.408 e. The molecule has 0 aromatic carbocycles. The summed E-state index contributed by atoms with van der Waals surface area (Å²) in [5.41, 5.74) is 9.86. The molecule has 0 fully saturated rings. The minimum Gasteiger partial charge on any atom is -0.444 e. The van der Waals surface area contributed by atoms with Crippen LogP contribution in [-0.4, -0.2) is 60.4 Å². The molecule has 0 radical (unpaired) electrons. The summed E-state index contributed by atoms with van der Waals surface area (Å²) in [4.78, 5) is 60.5. The van der Waals surface area contributed by atoms with Crippen LogP contribution < -0.4 is 27.4 Å². The van der Waals surface area contributed by atoms with Gasteiger partial charge in [0.25, 0.3) is 0 Å². The van der Waals surface area contributed by atoms with E-state index >= 15 is 0 Å². The zero-order chi connectivity index (χ0) is 25.6. The molecule has 190 valence electrons. The van der Waals surface area contributed by atoms with Crippen molar-refractivity contribution in [2.45, 2.75) is 96.9 Å². The Morgan fingerprint density at radius 3 is 2.03 bits per heavy atom. The Labute approximate surface area is 196 Å². The van der Waals surface area contributed by atoms with Crippen LogP contribution in [0, 0.1) is 5.92 Å². The van der Waals surface area contributed by atoms with E-state index in [-0.39, 0.29) is 18.8 Å². The molecule has 0 aliphatic heterocycles. The van der Waals surface area contributed by atoms with Crippen LogP contribution >= 0.6 is 0 Å². The Bertz CT molecular complexity index is 662. The second kappa shape index (κ2) is 15.2. The normalized spacial score (nSPS) is 14.0. The molecule has 0 bridgehead atoms. The van der Waals surface area contributed by atoms with Crippen LogP contribution in [0.1, 0.15) is 73.1 Å². The summed E-state index contributed by atoms with van der Waals surface area (Å²) in [6, 6.07) is -2.77. The van der Waals surface area contributed by atoms with Gasteiger partial charge in [0.1, 0.15) is 24.0 Å². The third-order valence-electron chi connectivity index (χ3n) is 4.49. The molecule has 1 unspecified atom stereocenters. The highest BCUT2D eigenvalue weighted by molar-refractivity contribution is 5.92. The molecule has 11 nitrogen and oxygen atoms in total. The first-order chi connectivity index (χ1) is 15.3. The van der Waals surface area contributed by atoms with Gasteiger partial charge in [0.15, 0.2) is 0 Å². The number of primary amides is 1. The van der Waals surface area contributed by atoms with Crippen LogP contribution in [0.25, 0.3) is 0 Å². The van der Waals surface area contributed by atoms with Gasteiger partial charge in [0, 0.05) is 6.42 Å². The van der Waals surface area contributed by atoms with Crippen molar-refractivity contribution in [2.75, 3.05) is 6.54 Å². The Kier molecular flexibility index (Phi) is 14.0. The standard InChI is InChI=1S/C22H41N5O6/c1-14(2)12-17(20(31)25-15(13-28)8-6-7-11-23)26-19(30)16(9-10-18(24)29)27-21(32)33-22(3,4)5/h13-17H,6-12,23H2,1-5H3,(H2,24,29)(H,25,31)(H,26,30)(H,27,32)/t15?,16-,17-/m0/s1. The quantitative estimate of drug-likeness (QED) is 0.170. The molecule has 4 amide bonds. The predicted octanol–water partition coefficient (Wildman–Crippen LogP) is 0.489. The number of aldehydes is 1. The van der Waals surface area contributed by atoms with Crippen molar-refractivity contribution in [1.82, 2.24) is 16.0 Å². The van der Waals surface area contributed by atoms with Crippen molar-refractivity contribution in [2.24, 2.45) is 17.4 Å². The van der Waals surface area contributed by atoms with Gasteiger partial charge in [0.2, 0.25) is 17.7 Å². The second-order valence-corrected chi connectivity index (χ2v) is 9.43. The monoisotopic (exact) mass is 471 g/mol. The molecular weight excluding hydrogens is 430 g/mol. The molecule has 0 aliphatic carbocycles. The number of unbranched alkanes of at least 4 members (excludes halogenated alkanes) is 1. The van der Waals surface area contributed by atoms with Crippen LogP contribution in [0.4, 0.5) is 4.79 Å². The van der Waals surface area contributed by atoms with E-state index in [2.05, 4.69) is 16.0 Å². The van der Waals surface area contributed by atoms with Crippen LogP contribution in [0.5, 0.6) is 0 Å². The van der Waals surface area contributed by atoms with E-state index < -0.39 is 47.5 Å². The van der Waals surface area contributed by atoms with Gasteiger partial charge in [-0.15, -0.1) is 0 Å². The van der Waals surface area contributed by atoms with Crippen molar-refractivity contribution in [3.63, 3.8) is 0 Å². The maximum absolute atomic E-state index is 12.9. The SMILES string of the molecule is CC(C)C[C@H](NC(=O)[C@H](CCC(N)=O)NC(=O)OC(C)(C)C)C(=O)NC(C=O)CCCCN. The lowest BCUT2D eigenvalue weighted by Crippen LogP contribution is -2.55. The highest BCUT2D eigenvalue weighted by Crippen LogP contribution is 2.10. The minimum absolute atomic E-state index is 0.0517. The number of carbonyl (C=O) groups excluding carboxylic acids is 5. The molecule has 0 aliphatic rings. The molecule has 0 spiro atoms. The van der Waals surface area contributed by atoms with Crippen molar-refractivity contribution in [1.29, 1.82) is 0 Å². The number of amides is 4. The third kappa shape index (κ3) is 14.9. The number of hydrogen-bond acceptors (Lipinski definition) is 7. The van der Waals surface area contributed by atoms with Gasteiger partial charge in [-0.3, -0.25) is 14.4 Å². The largest absolute Gasteiger partial charge is 0.444 e. The average Bonchev–Trinajstić information content (AvgIpc) is 2.67. The Morgan fingerprint density at radius 1 is 0.939 bits per heavy atom.